The summed E-state index contributed by atoms with van der Waals surface area (Å²) in [6, 6.07) is 1.36. The van der Waals surface area contributed by atoms with E-state index in [0.29, 0.717) is 18.6 Å². The minimum absolute atomic E-state index is 0.142. The largest absolute Gasteiger partial charge is 0.369 e. The second-order valence-corrected chi connectivity index (χ2v) is 5.82. The third kappa shape index (κ3) is 1.56. The first-order valence-electron chi connectivity index (χ1n) is 6.81. The van der Waals surface area contributed by atoms with Crippen molar-refractivity contribution in [3.8, 4) is 0 Å². The molecule has 2 aliphatic carbocycles. The van der Waals surface area contributed by atoms with E-state index in [1.165, 1.54) is 44.9 Å². The number of primary amides is 1. The average molecular weight is 222 g/mol. The summed E-state index contributed by atoms with van der Waals surface area (Å²) in [6.07, 6.45) is 9.47. The molecule has 4 unspecified atom stereocenters. The normalized spacial score (nSPS) is 43.0. The molecule has 3 heteroatoms. The van der Waals surface area contributed by atoms with Crippen molar-refractivity contribution >= 4 is 5.91 Å². The Kier molecular flexibility index (Phi) is 2.66. The Balaban J connectivity index is 1.81. The zero-order valence-corrected chi connectivity index (χ0v) is 9.90. The molecule has 16 heavy (non-hydrogen) atoms. The van der Waals surface area contributed by atoms with Crippen molar-refractivity contribution < 1.29 is 4.79 Å². The number of fused-ring (bicyclic) bond motifs is 3. The SMILES string of the molecule is NC(=O)CN1C2CCCCC2C2CCCC21. The van der Waals surface area contributed by atoms with Crippen molar-refractivity contribution in [2.45, 2.75) is 57.0 Å². The number of hydrogen-bond acceptors (Lipinski definition) is 2. The fraction of sp³-hybridized carbons (Fsp3) is 0.923. The van der Waals surface area contributed by atoms with E-state index in [4.69, 9.17) is 5.73 Å². The van der Waals surface area contributed by atoms with Gasteiger partial charge in [-0.15, -0.1) is 0 Å². The Bertz CT molecular complexity index is 292. The van der Waals surface area contributed by atoms with Crippen LogP contribution in [-0.2, 0) is 4.79 Å². The van der Waals surface area contributed by atoms with Crippen LogP contribution in [0.3, 0.4) is 0 Å². The Hall–Kier alpha value is -0.570. The Morgan fingerprint density at radius 2 is 1.56 bits per heavy atom. The zero-order chi connectivity index (χ0) is 11.1. The van der Waals surface area contributed by atoms with E-state index >= 15 is 0 Å². The van der Waals surface area contributed by atoms with E-state index in [1.807, 2.05) is 0 Å². The molecule has 3 aliphatic rings. The molecule has 1 aliphatic heterocycles. The van der Waals surface area contributed by atoms with Gasteiger partial charge in [-0.1, -0.05) is 19.3 Å². The van der Waals surface area contributed by atoms with Gasteiger partial charge < -0.3 is 5.73 Å². The van der Waals surface area contributed by atoms with E-state index < -0.39 is 0 Å². The topological polar surface area (TPSA) is 46.3 Å². The average Bonchev–Trinajstić information content (AvgIpc) is 2.82. The molecule has 0 radical (unpaired) electrons. The highest BCUT2D eigenvalue weighted by atomic mass is 16.1. The quantitative estimate of drug-likeness (QED) is 0.770. The van der Waals surface area contributed by atoms with Gasteiger partial charge in [0.1, 0.15) is 0 Å². The van der Waals surface area contributed by atoms with Crippen LogP contribution in [0.2, 0.25) is 0 Å². The van der Waals surface area contributed by atoms with E-state index in [9.17, 15) is 4.79 Å². The van der Waals surface area contributed by atoms with Gasteiger partial charge in [0, 0.05) is 12.1 Å². The molecule has 2 N–H and O–H groups in total. The number of rotatable bonds is 2. The summed E-state index contributed by atoms with van der Waals surface area (Å²) < 4.78 is 0. The van der Waals surface area contributed by atoms with Gasteiger partial charge in [-0.3, -0.25) is 9.69 Å². The molecule has 4 atom stereocenters. The van der Waals surface area contributed by atoms with Gasteiger partial charge in [0.2, 0.25) is 5.91 Å². The minimum Gasteiger partial charge on any atom is -0.369 e. The van der Waals surface area contributed by atoms with Gasteiger partial charge in [-0.25, -0.2) is 0 Å². The molecule has 3 rings (SSSR count). The van der Waals surface area contributed by atoms with Gasteiger partial charge in [-0.2, -0.15) is 0 Å². The summed E-state index contributed by atoms with van der Waals surface area (Å²) in [5.41, 5.74) is 5.40. The zero-order valence-electron chi connectivity index (χ0n) is 9.90. The molecule has 0 spiro atoms. The molecule has 90 valence electrons. The standard InChI is InChI=1S/C13H22N2O/c14-13(16)8-15-11-6-2-1-4-9(11)10-5-3-7-12(10)15/h9-12H,1-8H2,(H2,14,16). The molecule has 3 fully saturated rings. The van der Waals surface area contributed by atoms with Crippen LogP contribution in [0.1, 0.15) is 44.9 Å². The summed E-state index contributed by atoms with van der Waals surface area (Å²) in [5, 5.41) is 0. The first-order chi connectivity index (χ1) is 7.77. The molecule has 1 amide bonds. The van der Waals surface area contributed by atoms with Crippen LogP contribution in [0.15, 0.2) is 0 Å². The van der Waals surface area contributed by atoms with Gasteiger partial charge in [0.25, 0.3) is 0 Å². The third-order valence-electron chi connectivity index (χ3n) is 5.05. The molecule has 2 saturated carbocycles. The monoisotopic (exact) mass is 222 g/mol. The number of hydrogen-bond donors (Lipinski definition) is 1. The molecule has 0 aromatic carbocycles. The molecule has 0 aromatic rings. The van der Waals surface area contributed by atoms with Crippen LogP contribution >= 0.6 is 0 Å². The lowest BCUT2D eigenvalue weighted by Crippen LogP contribution is -2.43. The van der Waals surface area contributed by atoms with Gasteiger partial charge in [0.15, 0.2) is 0 Å². The first-order valence-corrected chi connectivity index (χ1v) is 6.81. The highest BCUT2D eigenvalue weighted by molar-refractivity contribution is 5.76. The van der Waals surface area contributed by atoms with Crippen LogP contribution < -0.4 is 5.73 Å². The molecule has 3 nitrogen and oxygen atoms in total. The summed E-state index contributed by atoms with van der Waals surface area (Å²) in [6.45, 7) is 0.502. The highest BCUT2D eigenvalue weighted by Gasteiger charge is 2.50. The highest BCUT2D eigenvalue weighted by Crippen LogP contribution is 2.49. The summed E-state index contributed by atoms with van der Waals surface area (Å²) >= 11 is 0. The molecule has 0 aromatic heterocycles. The molecule has 0 bridgehead atoms. The van der Waals surface area contributed by atoms with E-state index in [2.05, 4.69) is 4.90 Å². The maximum absolute atomic E-state index is 11.2. The summed E-state index contributed by atoms with van der Waals surface area (Å²) in [4.78, 5) is 13.7. The number of amides is 1. The van der Waals surface area contributed by atoms with Crippen molar-refractivity contribution in [1.29, 1.82) is 0 Å². The van der Waals surface area contributed by atoms with E-state index in [0.717, 1.165) is 11.8 Å². The number of likely N-dealkylation sites (tertiary alicyclic amines) is 1. The van der Waals surface area contributed by atoms with Crippen LogP contribution in [0.4, 0.5) is 0 Å². The predicted molar refractivity (Wildman–Crippen MR) is 62.8 cm³/mol. The maximum Gasteiger partial charge on any atom is 0.231 e. The lowest BCUT2D eigenvalue weighted by Gasteiger charge is -2.33. The third-order valence-corrected chi connectivity index (χ3v) is 5.05. The Morgan fingerprint density at radius 1 is 1.00 bits per heavy atom. The fourth-order valence-electron chi connectivity index (χ4n) is 4.59. The Morgan fingerprint density at radius 3 is 2.25 bits per heavy atom. The number of nitrogens with two attached hydrogens (primary N) is 1. The van der Waals surface area contributed by atoms with E-state index in [-0.39, 0.29) is 5.91 Å². The van der Waals surface area contributed by atoms with Crippen LogP contribution in [0, 0.1) is 11.8 Å². The predicted octanol–water partition coefficient (Wildman–Crippen LogP) is 1.51. The summed E-state index contributed by atoms with van der Waals surface area (Å²) in [7, 11) is 0. The molecular formula is C13H22N2O. The van der Waals surface area contributed by atoms with Crippen molar-refractivity contribution in [3.63, 3.8) is 0 Å². The second-order valence-electron chi connectivity index (χ2n) is 5.82. The smallest absolute Gasteiger partial charge is 0.231 e. The number of nitrogens with zero attached hydrogens (tertiary/aromatic N) is 1. The number of carbonyl (C=O) groups excluding carboxylic acids is 1. The maximum atomic E-state index is 11.2. The van der Waals surface area contributed by atoms with Crippen molar-refractivity contribution in [2.75, 3.05) is 6.54 Å². The van der Waals surface area contributed by atoms with Gasteiger partial charge >= 0.3 is 0 Å². The molecule has 1 heterocycles. The summed E-state index contributed by atoms with van der Waals surface area (Å²) in [5.74, 6) is 1.61. The van der Waals surface area contributed by atoms with Crippen molar-refractivity contribution in [1.82, 2.24) is 4.90 Å². The van der Waals surface area contributed by atoms with Crippen LogP contribution in [0.25, 0.3) is 0 Å². The van der Waals surface area contributed by atoms with Gasteiger partial charge in [-0.05, 0) is 37.5 Å². The van der Waals surface area contributed by atoms with Crippen LogP contribution in [-0.4, -0.2) is 29.4 Å². The van der Waals surface area contributed by atoms with Gasteiger partial charge in [0.05, 0.1) is 6.54 Å². The minimum atomic E-state index is -0.142. The second kappa shape index (κ2) is 4.02. The Labute approximate surface area is 97.4 Å². The molecular weight excluding hydrogens is 200 g/mol. The van der Waals surface area contributed by atoms with Crippen LogP contribution in [0.5, 0.6) is 0 Å². The van der Waals surface area contributed by atoms with Crippen molar-refractivity contribution in [2.24, 2.45) is 17.6 Å². The lowest BCUT2D eigenvalue weighted by molar-refractivity contribution is -0.120. The molecule has 1 saturated heterocycles. The first kappa shape index (κ1) is 10.6. The van der Waals surface area contributed by atoms with Crippen molar-refractivity contribution in [3.05, 3.63) is 0 Å². The lowest BCUT2D eigenvalue weighted by atomic mass is 9.79. The fourth-order valence-corrected chi connectivity index (χ4v) is 4.59. The number of carbonyl (C=O) groups is 1. The van der Waals surface area contributed by atoms with E-state index in [1.54, 1.807) is 0 Å².